The number of fused-ring (bicyclic) bond motifs is 2. The number of aliphatic hydroxyl groups excluding tert-OH is 3. The Morgan fingerprint density at radius 2 is 1.87 bits per heavy atom. The van der Waals surface area contributed by atoms with Crippen molar-refractivity contribution in [3.8, 4) is 0 Å². The highest BCUT2D eigenvalue weighted by Gasteiger charge is 2.44. The van der Waals surface area contributed by atoms with Gasteiger partial charge in [0.15, 0.2) is 23.2 Å². The van der Waals surface area contributed by atoms with E-state index in [0.29, 0.717) is 17.0 Å². The van der Waals surface area contributed by atoms with E-state index in [9.17, 15) is 15.3 Å². The minimum Gasteiger partial charge on any atom is -0.394 e. The lowest BCUT2D eigenvalue weighted by molar-refractivity contribution is -0.0511. The highest BCUT2D eigenvalue weighted by molar-refractivity contribution is 5.87. The van der Waals surface area contributed by atoms with Gasteiger partial charge < -0.3 is 25.4 Å². The summed E-state index contributed by atoms with van der Waals surface area (Å²) in [6.07, 6.45) is -1.28. The Hall–Kier alpha value is -3.11. The first-order chi connectivity index (χ1) is 15.1. The minimum absolute atomic E-state index is 0.0525. The quantitative estimate of drug-likeness (QED) is 0.384. The third kappa shape index (κ3) is 3.31. The van der Waals surface area contributed by atoms with E-state index in [-0.39, 0.29) is 6.04 Å². The first kappa shape index (κ1) is 19.8. The molecule has 0 bridgehead atoms. The van der Waals surface area contributed by atoms with Crippen LogP contribution >= 0.6 is 0 Å². The minimum atomic E-state index is -1.21. The van der Waals surface area contributed by atoms with Crippen molar-refractivity contribution in [2.45, 2.75) is 37.5 Å². The average molecular weight is 421 g/mol. The molecule has 1 aliphatic rings. The van der Waals surface area contributed by atoms with Crippen LogP contribution < -0.4 is 5.32 Å². The molecule has 1 fully saturated rings. The van der Waals surface area contributed by atoms with E-state index in [1.807, 2.05) is 18.2 Å². The molecule has 1 saturated heterocycles. The molecule has 0 saturated carbocycles. The van der Waals surface area contributed by atoms with Crippen molar-refractivity contribution in [1.29, 1.82) is 0 Å². The number of aliphatic hydroxyl groups is 3. The van der Waals surface area contributed by atoms with E-state index < -0.39 is 31.1 Å². The molecule has 0 amide bonds. The Bertz CT molecular complexity index is 1220. The Kier molecular flexibility index (Phi) is 5.03. The predicted molar refractivity (Wildman–Crippen MR) is 114 cm³/mol. The first-order valence-corrected chi connectivity index (χ1v) is 10.1. The SMILES string of the molecule is CC(Nc1ncnc2c1ncn2[C@@H]1O[C@H](CO)[C@@H](O)[C@H]1O)c1cccc2ccccc12. The van der Waals surface area contributed by atoms with Crippen LogP contribution in [0.1, 0.15) is 24.8 Å². The molecule has 3 heterocycles. The Morgan fingerprint density at radius 3 is 2.68 bits per heavy atom. The lowest BCUT2D eigenvalue weighted by Crippen LogP contribution is -2.33. The van der Waals surface area contributed by atoms with Crippen molar-refractivity contribution in [2.75, 3.05) is 11.9 Å². The Balaban J connectivity index is 1.48. The number of benzene rings is 2. The maximum Gasteiger partial charge on any atom is 0.167 e. The summed E-state index contributed by atoms with van der Waals surface area (Å²) >= 11 is 0. The fourth-order valence-electron chi connectivity index (χ4n) is 4.16. The number of aromatic nitrogens is 4. The van der Waals surface area contributed by atoms with Crippen LogP contribution in [0.5, 0.6) is 0 Å². The number of rotatable bonds is 5. The predicted octanol–water partition coefficient (Wildman–Crippen LogP) is 1.76. The fourth-order valence-corrected chi connectivity index (χ4v) is 4.16. The normalized spacial score (nSPS) is 24.6. The second-order valence-electron chi connectivity index (χ2n) is 7.71. The van der Waals surface area contributed by atoms with Gasteiger partial charge in [0.05, 0.1) is 19.0 Å². The molecule has 0 radical (unpaired) electrons. The van der Waals surface area contributed by atoms with Crippen molar-refractivity contribution in [2.24, 2.45) is 0 Å². The van der Waals surface area contributed by atoms with Gasteiger partial charge in [-0.15, -0.1) is 0 Å². The van der Waals surface area contributed by atoms with Crippen LogP contribution in [-0.4, -0.2) is 59.8 Å². The van der Waals surface area contributed by atoms with Gasteiger partial charge >= 0.3 is 0 Å². The molecule has 2 aromatic carbocycles. The zero-order valence-corrected chi connectivity index (χ0v) is 16.8. The molecule has 160 valence electrons. The van der Waals surface area contributed by atoms with Gasteiger partial charge in [-0.25, -0.2) is 15.0 Å². The van der Waals surface area contributed by atoms with Crippen LogP contribution in [-0.2, 0) is 4.74 Å². The molecular weight excluding hydrogens is 398 g/mol. The summed E-state index contributed by atoms with van der Waals surface area (Å²) < 4.78 is 7.17. The highest BCUT2D eigenvalue weighted by Crippen LogP contribution is 2.33. The summed E-state index contributed by atoms with van der Waals surface area (Å²) in [5.74, 6) is 0.552. The maximum absolute atomic E-state index is 10.4. The lowest BCUT2D eigenvalue weighted by atomic mass is 10.00. The van der Waals surface area contributed by atoms with Crippen LogP contribution in [0.4, 0.5) is 5.82 Å². The summed E-state index contributed by atoms with van der Waals surface area (Å²) in [6, 6.07) is 14.3. The van der Waals surface area contributed by atoms with Gasteiger partial charge in [-0.1, -0.05) is 42.5 Å². The van der Waals surface area contributed by atoms with Crippen molar-refractivity contribution < 1.29 is 20.1 Å². The molecule has 1 aliphatic heterocycles. The number of anilines is 1. The van der Waals surface area contributed by atoms with E-state index >= 15 is 0 Å². The Morgan fingerprint density at radius 1 is 1.06 bits per heavy atom. The zero-order valence-electron chi connectivity index (χ0n) is 16.8. The number of nitrogens with zero attached hydrogens (tertiary/aromatic N) is 4. The van der Waals surface area contributed by atoms with Crippen LogP contribution in [0.2, 0.25) is 0 Å². The van der Waals surface area contributed by atoms with Gasteiger partial charge in [-0.3, -0.25) is 4.57 Å². The van der Waals surface area contributed by atoms with Gasteiger partial charge in [0.25, 0.3) is 0 Å². The molecule has 0 spiro atoms. The van der Waals surface area contributed by atoms with E-state index in [4.69, 9.17) is 4.74 Å². The third-order valence-corrected chi connectivity index (χ3v) is 5.79. The number of imidazole rings is 1. The van der Waals surface area contributed by atoms with Gasteiger partial charge in [0, 0.05) is 0 Å². The molecule has 31 heavy (non-hydrogen) atoms. The van der Waals surface area contributed by atoms with Crippen molar-refractivity contribution in [3.05, 3.63) is 60.7 Å². The van der Waals surface area contributed by atoms with E-state index in [1.54, 1.807) is 4.57 Å². The maximum atomic E-state index is 10.4. The summed E-state index contributed by atoms with van der Waals surface area (Å²) in [6.45, 7) is 1.66. The molecule has 9 heteroatoms. The molecule has 9 nitrogen and oxygen atoms in total. The molecule has 4 aromatic rings. The fraction of sp³-hybridized carbons (Fsp3) is 0.318. The van der Waals surface area contributed by atoms with E-state index in [1.165, 1.54) is 12.7 Å². The van der Waals surface area contributed by atoms with Crippen LogP contribution in [0.3, 0.4) is 0 Å². The van der Waals surface area contributed by atoms with Crippen molar-refractivity contribution >= 4 is 27.8 Å². The highest BCUT2D eigenvalue weighted by atomic mass is 16.6. The molecule has 5 rings (SSSR count). The van der Waals surface area contributed by atoms with Crippen LogP contribution in [0.25, 0.3) is 21.9 Å². The van der Waals surface area contributed by atoms with Gasteiger partial charge in [0.1, 0.15) is 24.6 Å². The second-order valence-corrected chi connectivity index (χ2v) is 7.71. The molecule has 4 N–H and O–H groups in total. The molecule has 2 aromatic heterocycles. The van der Waals surface area contributed by atoms with Crippen molar-refractivity contribution in [1.82, 2.24) is 19.5 Å². The second kappa shape index (κ2) is 7.86. The monoisotopic (exact) mass is 421 g/mol. The van der Waals surface area contributed by atoms with E-state index in [0.717, 1.165) is 16.3 Å². The van der Waals surface area contributed by atoms with Crippen LogP contribution in [0, 0.1) is 0 Å². The smallest absolute Gasteiger partial charge is 0.167 e. The number of nitrogens with one attached hydrogen (secondary N) is 1. The third-order valence-electron chi connectivity index (χ3n) is 5.79. The molecule has 5 atom stereocenters. The van der Waals surface area contributed by atoms with Crippen LogP contribution in [0.15, 0.2) is 55.1 Å². The molecular formula is C22H23N5O4. The molecule has 0 aliphatic carbocycles. The molecule has 1 unspecified atom stereocenters. The summed E-state index contributed by atoms with van der Waals surface area (Å²) in [7, 11) is 0. The zero-order chi connectivity index (χ0) is 21.5. The Labute approximate surface area is 178 Å². The lowest BCUT2D eigenvalue weighted by Gasteiger charge is -2.18. The van der Waals surface area contributed by atoms with Gasteiger partial charge in [-0.2, -0.15) is 0 Å². The number of hydrogen-bond donors (Lipinski definition) is 4. The number of hydrogen-bond acceptors (Lipinski definition) is 8. The van der Waals surface area contributed by atoms with Gasteiger partial charge in [-0.05, 0) is 23.3 Å². The average Bonchev–Trinajstić information content (AvgIpc) is 3.35. The standard InChI is InChI=1S/C22H23N5O4/c1-12(14-8-4-6-13-5-2-3-7-15(13)14)26-20-17-21(24-10-23-20)27(11-25-17)22-19(30)18(29)16(9-28)31-22/h2-8,10-12,16,18-19,22,28-30H,9H2,1H3,(H,23,24,26)/t12?,16-,18-,19-,22-/m1/s1. The summed E-state index contributed by atoms with van der Waals surface area (Å²) in [4.78, 5) is 13.1. The largest absolute Gasteiger partial charge is 0.394 e. The van der Waals surface area contributed by atoms with Crippen molar-refractivity contribution in [3.63, 3.8) is 0 Å². The first-order valence-electron chi connectivity index (χ1n) is 10.1. The topological polar surface area (TPSA) is 126 Å². The number of ether oxygens (including phenoxy) is 1. The summed E-state index contributed by atoms with van der Waals surface area (Å²) in [5, 5.41) is 35.5. The van der Waals surface area contributed by atoms with E-state index in [2.05, 4.69) is 51.5 Å². The summed E-state index contributed by atoms with van der Waals surface area (Å²) in [5.41, 5.74) is 2.11. The van der Waals surface area contributed by atoms with Gasteiger partial charge in [0.2, 0.25) is 0 Å².